The molecule has 2 rings (SSSR count). The normalized spacial score (nSPS) is 10.5. The molecular formula is C13H16N4O2S. The number of carbonyl (C=O) groups is 1. The number of carbonyl (C=O) groups excluding carboxylic acids is 1. The molecule has 0 saturated heterocycles. The van der Waals surface area contributed by atoms with Gasteiger partial charge in [0, 0.05) is 17.5 Å². The van der Waals surface area contributed by atoms with Crippen LogP contribution in [0.15, 0.2) is 15.7 Å². The van der Waals surface area contributed by atoms with Crippen LogP contribution in [0.3, 0.4) is 0 Å². The Morgan fingerprint density at radius 1 is 1.35 bits per heavy atom. The number of rotatable bonds is 5. The van der Waals surface area contributed by atoms with Gasteiger partial charge in [0.25, 0.3) is 11.5 Å². The Hall–Kier alpha value is -2.02. The molecule has 0 spiro atoms. The fourth-order valence-electron chi connectivity index (χ4n) is 2.05. The first-order valence-corrected chi connectivity index (χ1v) is 7.37. The standard InChI is InChI=1S/C13H16N4O2S/c1-3-8-9(12(18)17-16-10(8)4-2)5-14-13(19)11-6-20-7-15-11/h6-7H,3-5H2,1-2H3,(H,14,19)(H,17,18). The zero-order valence-corrected chi connectivity index (χ0v) is 12.2. The summed E-state index contributed by atoms with van der Waals surface area (Å²) in [5.74, 6) is -0.275. The van der Waals surface area contributed by atoms with Crippen LogP contribution >= 0.6 is 11.3 Å². The zero-order chi connectivity index (χ0) is 14.5. The number of aromatic nitrogens is 3. The third-order valence-corrected chi connectivity index (χ3v) is 3.64. The van der Waals surface area contributed by atoms with Crippen molar-refractivity contribution in [2.24, 2.45) is 0 Å². The summed E-state index contributed by atoms with van der Waals surface area (Å²) in [6, 6.07) is 0. The average molecular weight is 292 g/mol. The van der Waals surface area contributed by atoms with E-state index in [0.29, 0.717) is 17.7 Å². The van der Waals surface area contributed by atoms with Gasteiger partial charge in [0.05, 0.1) is 11.2 Å². The van der Waals surface area contributed by atoms with E-state index in [2.05, 4.69) is 20.5 Å². The topological polar surface area (TPSA) is 87.7 Å². The molecule has 0 aliphatic heterocycles. The van der Waals surface area contributed by atoms with Gasteiger partial charge in [-0.3, -0.25) is 9.59 Å². The Kier molecular flexibility index (Phi) is 4.62. The maximum Gasteiger partial charge on any atom is 0.271 e. The summed E-state index contributed by atoms with van der Waals surface area (Å²) in [6.45, 7) is 4.14. The van der Waals surface area contributed by atoms with Crippen molar-refractivity contribution in [2.75, 3.05) is 0 Å². The molecule has 0 aromatic carbocycles. The molecule has 0 saturated carbocycles. The minimum absolute atomic E-state index is 0.185. The van der Waals surface area contributed by atoms with Crippen molar-refractivity contribution in [3.05, 3.63) is 43.8 Å². The van der Waals surface area contributed by atoms with E-state index >= 15 is 0 Å². The van der Waals surface area contributed by atoms with Crippen molar-refractivity contribution in [3.8, 4) is 0 Å². The van der Waals surface area contributed by atoms with Gasteiger partial charge in [-0.1, -0.05) is 13.8 Å². The van der Waals surface area contributed by atoms with E-state index in [1.54, 1.807) is 10.9 Å². The largest absolute Gasteiger partial charge is 0.346 e. The summed E-state index contributed by atoms with van der Waals surface area (Å²) in [7, 11) is 0. The lowest BCUT2D eigenvalue weighted by Crippen LogP contribution is -2.29. The number of thiazole rings is 1. The summed E-state index contributed by atoms with van der Waals surface area (Å²) in [5, 5.41) is 10.9. The molecule has 0 unspecified atom stereocenters. The monoisotopic (exact) mass is 292 g/mol. The average Bonchev–Trinajstić information content (AvgIpc) is 2.99. The number of nitrogens with zero attached hydrogens (tertiary/aromatic N) is 2. The maximum atomic E-state index is 11.9. The SMILES string of the molecule is CCc1n[nH]c(=O)c(CNC(=O)c2cscn2)c1CC. The lowest BCUT2D eigenvalue weighted by atomic mass is 10.0. The number of nitrogens with one attached hydrogen (secondary N) is 2. The first kappa shape index (κ1) is 14.4. The summed E-state index contributed by atoms with van der Waals surface area (Å²) in [6.07, 6.45) is 1.45. The van der Waals surface area contributed by atoms with Gasteiger partial charge < -0.3 is 5.32 Å². The molecule has 0 aliphatic rings. The highest BCUT2D eigenvalue weighted by atomic mass is 32.1. The molecule has 0 radical (unpaired) electrons. The highest BCUT2D eigenvalue weighted by Crippen LogP contribution is 2.10. The van der Waals surface area contributed by atoms with Crippen molar-refractivity contribution in [2.45, 2.75) is 33.2 Å². The van der Waals surface area contributed by atoms with Crippen LogP contribution in [0.4, 0.5) is 0 Å². The van der Waals surface area contributed by atoms with Crippen molar-refractivity contribution < 1.29 is 4.79 Å². The fraction of sp³-hybridized carbons (Fsp3) is 0.385. The molecule has 0 fully saturated rings. The number of aryl methyl sites for hydroxylation is 1. The van der Waals surface area contributed by atoms with Crippen LogP contribution in [0.25, 0.3) is 0 Å². The van der Waals surface area contributed by atoms with Crippen LogP contribution in [0, 0.1) is 0 Å². The smallest absolute Gasteiger partial charge is 0.271 e. The molecule has 1 amide bonds. The Morgan fingerprint density at radius 2 is 2.15 bits per heavy atom. The number of H-pyrrole nitrogens is 1. The lowest BCUT2D eigenvalue weighted by Gasteiger charge is -2.10. The Labute approximate surface area is 120 Å². The minimum atomic E-state index is -0.275. The fourth-order valence-corrected chi connectivity index (χ4v) is 2.58. The van der Waals surface area contributed by atoms with Crippen LogP contribution in [0.2, 0.25) is 0 Å². The van der Waals surface area contributed by atoms with Crippen molar-refractivity contribution in [1.29, 1.82) is 0 Å². The molecule has 0 aliphatic carbocycles. The Morgan fingerprint density at radius 3 is 2.75 bits per heavy atom. The van der Waals surface area contributed by atoms with Crippen LogP contribution in [0.5, 0.6) is 0 Å². The molecule has 106 valence electrons. The predicted octanol–water partition coefficient (Wildman–Crippen LogP) is 1.28. The number of aromatic amines is 1. The second-order valence-electron chi connectivity index (χ2n) is 4.22. The van der Waals surface area contributed by atoms with Gasteiger partial charge in [-0.05, 0) is 18.4 Å². The van der Waals surface area contributed by atoms with E-state index in [1.807, 2.05) is 13.8 Å². The Bertz CT molecular complexity index is 649. The van der Waals surface area contributed by atoms with Crippen LogP contribution in [-0.4, -0.2) is 21.1 Å². The molecule has 0 atom stereocenters. The molecule has 6 nitrogen and oxygen atoms in total. The summed E-state index contributed by atoms with van der Waals surface area (Å²) in [5.41, 5.74) is 4.07. The summed E-state index contributed by atoms with van der Waals surface area (Å²) in [4.78, 5) is 27.7. The quantitative estimate of drug-likeness (QED) is 0.869. The van der Waals surface area contributed by atoms with Gasteiger partial charge in [-0.15, -0.1) is 11.3 Å². The molecule has 2 N–H and O–H groups in total. The summed E-state index contributed by atoms with van der Waals surface area (Å²) >= 11 is 1.36. The van der Waals surface area contributed by atoms with Crippen LogP contribution < -0.4 is 10.9 Å². The molecule has 7 heteroatoms. The predicted molar refractivity (Wildman–Crippen MR) is 76.9 cm³/mol. The highest BCUT2D eigenvalue weighted by molar-refractivity contribution is 7.07. The van der Waals surface area contributed by atoms with E-state index in [-0.39, 0.29) is 18.0 Å². The summed E-state index contributed by atoms with van der Waals surface area (Å²) < 4.78 is 0. The van der Waals surface area contributed by atoms with E-state index in [0.717, 1.165) is 17.7 Å². The van der Waals surface area contributed by atoms with Crippen molar-refractivity contribution in [3.63, 3.8) is 0 Å². The highest BCUT2D eigenvalue weighted by Gasteiger charge is 2.14. The van der Waals surface area contributed by atoms with E-state index in [4.69, 9.17) is 0 Å². The number of amides is 1. The first-order valence-electron chi connectivity index (χ1n) is 6.43. The zero-order valence-electron chi connectivity index (χ0n) is 11.4. The van der Waals surface area contributed by atoms with Gasteiger partial charge in [0.1, 0.15) is 5.69 Å². The van der Waals surface area contributed by atoms with E-state index < -0.39 is 0 Å². The van der Waals surface area contributed by atoms with Crippen molar-refractivity contribution >= 4 is 17.2 Å². The van der Waals surface area contributed by atoms with Gasteiger partial charge in [0.2, 0.25) is 0 Å². The number of hydrogen-bond acceptors (Lipinski definition) is 5. The second-order valence-corrected chi connectivity index (χ2v) is 4.94. The maximum absolute atomic E-state index is 11.9. The van der Waals surface area contributed by atoms with Crippen LogP contribution in [-0.2, 0) is 19.4 Å². The first-order chi connectivity index (χ1) is 9.67. The molecule has 2 aromatic rings. The van der Waals surface area contributed by atoms with Crippen LogP contribution in [0.1, 0.15) is 41.2 Å². The Balaban J connectivity index is 2.21. The molecule has 2 aromatic heterocycles. The van der Waals surface area contributed by atoms with Gasteiger partial charge in [-0.25, -0.2) is 10.1 Å². The third-order valence-electron chi connectivity index (χ3n) is 3.06. The van der Waals surface area contributed by atoms with Crippen molar-refractivity contribution in [1.82, 2.24) is 20.5 Å². The molecule has 2 heterocycles. The number of hydrogen-bond donors (Lipinski definition) is 2. The van der Waals surface area contributed by atoms with Gasteiger partial charge in [0.15, 0.2) is 0 Å². The minimum Gasteiger partial charge on any atom is -0.346 e. The molecule has 0 bridgehead atoms. The lowest BCUT2D eigenvalue weighted by molar-refractivity contribution is 0.0946. The molecule has 20 heavy (non-hydrogen) atoms. The van der Waals surface area contributed by atoms with E-state index in [1.165, 1.54) is 11.3 Å². The second kappa shape index (κ2) is 6.42. The third kappa shape index (κ3) is 2.93. The van der Waals surface area contributed by atoms with E-state index in [9.17, 15) is 9.59 Å². The molecular weight excluding hydrogens is 276 g/mol. The van der Waals surface area contributed by atoms with Gasteiger partial charge >= 0.3 is 0 Å². The van der Waals surface area contributed by atoms with Gasteiger partial charge in [-0.2, -0.15) is 5.10 Å².